The SMILES string of the molecule is C[C@H](NC(=O)CSCc1ccc(Cl)cc1)c1ccccc1. The van der Waals surface area contributed by atoms with E-state index in [1.165, 1.54) is 5.56 Å². The first-order valence-electron chi connectivity index (χ1n) is 6.81. The summed E-state index contributed by atoms with van der Waals surface area (Å²) in [5.41, 5.74) is 2.29. The normalized spacial score (nSPS) is 11.9. The Hall–Kier alpha value is -1.45. The maximum atomic E-state index is 11.9. The first-order valence-corrected chi connectivity index (χ1v) is 8.35. The van der Waals surface area contributed by atoms with Crippen molar-refractivity contribution in [1.82, 2.24) is 5.32 Å². The fourth-order valence-electron chi connectivity index (χ4n) is 1.95. The summed E-state index contributed by atoms with van der Waals surface area (Å²) in [4.78, 5) is 11.9. The Labute approximate surface area is 134 Å². The lowest BCUT2D eigenvalue weighted by Gasteiger charge is -2.14. The van der Waals surface area contributed by atoms with Crippen molar-refractivity contribution in [2.24, 2.45) is 0 Å². The van der Waals surface area contributed by atoms with Crippen LogP contribution in [0.3, 0.4) is 0 Å². The van der Waals surface area contributed by atoms with Crippen molar-refractivity contribution < 1.29 is 4.79 Å². The van der Waals surface area contributed by atoms with Gasteiger partial charge < -0.3 is 5.32 Å². The fourth-order valence-corrected chi connectivity index (χ4v) is 2.88. The van der Waals surface area contributed by atoms with E-state index in [4.69, 9.17) is 11.6 Å². The number of thioether (sulfide) groups is 1. The minimum absolute atomic E-state index is 0.0369. The van der Waals surface area contributed by atoms with Gasteiger partial charge in [0.1, 0.15) is 0 Å². The van der Waals surface area contributed by atoms with Gasteiger partial charge in [-0.2, -0.15) is 0 Å². The van der Waals surface area contributed by atoms with Crippen molar-refractivity contribution in [3.8, 4) is 0 Å². The lowest BCUT2D eigenvalue weighted by Crippen LogP contribution is -2.28. The van der Waals surface area contributed by atoms with Crippen LogP contribution in [-0.2, 0) is 10.5 Å². The molecule has 0 radical (unpaired) electrons. The van der Waals surface area contributed by atoms with Crippen LogP contribution >= 0.6 is 23.4 Å². The first kappa shape index (κ1) is 15.9. The molecule has 0 bridgehead atoms. The van der Waals surface area contributed by atoms with Crippen molar-refractivity contribution in [2.45, 2.75) is 18.7 Å². The van der Waals surface area contributed by atoms with Gasteiger partial charge in [0.05, 0.1) is 11.8 Å². The lowest BCUT2D eigenvalue weighted by atomic mass is 10.1. The zero-order chi connectivity index (χ0) is 15.1. The Kier molecular flexibility index (Phi) is 6.15. The summed E-state index contributed by atoms with van der Waals surface area (Å²) in [6, 6.07) is 17.7. The van der Waals surface area contributed by atoms with Gasteiger partial charge in [0, 0.05) is 10.8 Å². The second-order valence-corrected chi connectivity index (χ2v) is 6.24. The number of carbonyl (C=O) groups excluding carboxylic acids is 1. The molecule has 0 aliphatic heterocycles. The predicted octanol–water partition coefficient (Wildman–Crippen LogP) is 4.45. The second-order valence-electron chi connectivity index (χ2n) is 4.82. The Bertz CT molecular complexity index is 571. The van der Waals surface area contributed by atoms with Crippen LogP contribution in [0.15, 0.2) is 54.6 Å². The number of carbonyl (C=O) groups is 1. The number of halogens is 1. The van der Waals surface area contributed by atoms with E-state index in [1.54, 1.807) is 11.8 Å². The maximum absolute atomic E-state index is 11.9. The zero-order valence-electron chi connectivity index (χ0n) is 11.9. The molecule has 0 aromatic heterocycles. The highest BCUT2D eigenvalue weighted by molar-refractivity contribution is 7.99. The molecule has 0 aliphatic carbocycles. The van der Waals surface area contributed by atoms with Gasteiger partial charge in [-0.25, -0.2) is 0 Å². The van der Waals surface area contributed by atoms with E-state index >= 15 is 0 Å². The molecule has 4 heteroatoms. The van der Waals surface area contributed by atoms with Gasteiger partial charge in [0.15, 0.2) is 0 Å². The van der Waals surface area contributed by atoms with Gasteiger partial charge in [-0.3, -0.25) is 4.79 Å². The highest BCUT2D eigenvalue weighted by Gasteiger charge is 2.09. The molecule has 0 spiro atoms. The van der Waals surface area contributed by atoms with Gasteiger partial charge in [-0.1, -0.05) is 54.1 Å². The van der Waals surface area contributed by atoms with E-state index in [-0.39, 0.29) is 11.9 Å². The molecule has 2 aromatic carbocycles. The van der Waals surface area contributed by atoms with Gasteiger partial charge in [-0.15, -0.1) is 11.8 Å². The zero-order valence-corrected chi connectivity index (χ0v) is 13.5. The summed E-state index contributed by atoms with van der Waals surface area (Å²) in [6.07, 6.45) is 0. The van der Waals surface area contributed by atoms with Crippen LogP contribution in [0.25, 0.3) is 0 Å². The van der Waals surface area contributed by atoms with Crippen LogP contribution in [0.2, 0.25) is 5.02 Å². The van der Waals surface area contributed by atoms with E-state index in [9.17, 15) is 4.79 Å². The van der Waals surface area contributed by atoms with Crippen LogP contribution < -0.4 is 5.32 Å². The second kappa shape index (κ2) is 8.11. The molecule has 21 heavy (non-hydrogen) atoms. The number of amides is 1. The van der Waals surface area contributed by atoms with Crippen LogP contribution in [0.5, 0.6) is 0 Å². The van der Waals surface area contributed by atoms with Crippen LogP contribution in [-0.4, -0.2) is 11.7 Å². The largest absolute Gasteiger partial charge is 0.349 e. The Balaban J connectivity index is 1.73. The molecule has 0 saturated carbocycles. The number of rotatable bonds is 6. The molecule has 2 aromatic rings. The van der Waals surface area contributed by atoms with Crippen LogP contribution in [0.1, 0.15) is 24.1 Å². The summed E-state index contributed by atoms with van der Waals surface area (Å²) >= 11 is 7.44. The monoisotopic (exact) mass is 319 g/mol. The van der Waals surface area contributed by atoms with Crippen molar-refractivity contribution in [2.75, 3.05) is 5.75 Å². The molecule has 0 fully saturated rings. The summed E-state index contributed by atoms with van der Waals surface area (Å²) < 4.78 is 0. The van der Waals surface area contributed by atoms with Crippen molar-refractivity contribution in [1.29, 1.82) is 0 Å². The average molecular weight is 320 g/mol. The molecule has 2 nitrogen and oxygen atoms in total. The van der Waals surface area contributed by atoms with Gasteiger partial charge in [0.25, 0.3) is 0 Å². The molecule has 0 unspecified atom stereocenters. The lowest BCUT2D eigenvalue weighted by molar-refractivity contribution is -0.119. The quantitative estimate of drug-likeness (QED) is 0.852. The van der Waals surface area contributed by atoms with Crippen molar-refractivity contribution >= 4 is 29.3 Å². The third-order valence-corrected chi connectivity index (χ3v) is 4.35. The predicted molar refractivity (Wildman–Crippen MR) is 90.6 cm³/mol. The van der Waals surface area contributed by atoms with Crippen molar-refractivity contribution in [3.63, 3.8) is 0 Å². The van der Waals surface area contributed by atoms with E-state index in [1.807, 2.05) is 61.5 Å². The maximum Gasteiger partial charge on any atom is 0.230 e. The number of nitrogens with one attached hydrogen (secondary N) is 1. The highest BCUT2D eigenvalue weighted by Crippen LogP contribution is 2.16. The summed E-state index contributed by atoms with van der Waals surface area (Å²) in [5, 5.41) is 3.75. The molecule has 0 heterocycles. The molecule has 0 saturated heterocycles. The van der Waals surface area contributed by atoms with Gasteiger partial charge >= 0.3 is 0 Å². The van der Waals surface area contributed by atoms with Crippen LogP contribution in [0.4, 0.5) is 0 Å². The molecule has 110 valence electrons. The standard InChI is InChI=1S/C17H18ClNOS/c1-13(15-5-3-2-4-6-15)19-17(20)12-21-11-14-7-9-16(18)10-8-14/h2-10,13H,11-12H2,1H3,(H,19,20)/t13-/m0/s1. The van der Waals surface area contributed by atoms with Gasteiger partial charge in [-0.05, 0) is 30.2 Å². The Morgan fingerprint density at radius 1 is 1.14 bits per heavy atom. The molecule has 1 atom stereocenters. The average Bonchev–Trinajstić information content (AvgIpc) is 2.50. The molecule has 1 N–H and O–H groups in total. The third kappa shape index (κ3) is 5.44. The molecular weight excluding hydrogens is 302 g/mol. The third-order valence-electron chi connectivity index (χ3n) is 3.09. The van der Waals surface area contributed by atoms with E-state index in [0.29, 0.717) is 5.75 Å². The minimum Gasteiger partial charge on any atom is -0.349 e. The first-order chi connectivity index (χ1) is 10.1. The summed E-state index contributed by atoms with van der Waals surface area (Å²) in [7, 11) is 0. The summed E-state index contributed by atoms with van der Waals surface area (Å²) in [5.74, 6) is 1.33. The van der Waals surface area contributed by atoms with Crippen molar-refractivity contribution in [3.05, 3.63) is 70.7 Å². The molecular formula is C17H18ClNOS. The topological polar surface area (TPSA) is 29.1 Å². The number of benzene rings is 2. The Morgan fingerprint density at radius 2 is 1.81 bits per heavy atom. The molecule has 2 rings (SSSR count). The summed E-state index contributed by atoms with van der Waals surface area (Å²) in [6.45, 7) is 2.00. The smallest absolute Gasteiger partial charge is 0.230 e. The molecule has 0 aliphatic rings. The molecule has 1 amide bonds. The number of hydrogen-bond acceptors (Lipinski definition) is 2. The minimum atomic E-state index is 0.0369. The van der Waals surface area contributed by atoms with E-state index < -0.39 is 0 Å². The van der Waals surface area contributed by atoms with Gasteiger partial charge in [0.2, 0.25) is 5.91 Å². The fraction of sp³-hybridized carbons (Fsp3) is 0.235. The Morgan fingerprint density at radius 3 is 2.48 bits per heavy atom. The van der Waals surface area contributed by atoms with E-state index in [2.05, 4.69) is 5.32 Å². The van der Waals surface area contributed by atoms with Crippen LogP contribution in [0, 0.1) is 0 Å². The number of hydrogen-bond donors (Lipinski definition) is 1. The highest BCUT2D eigenvalue weighted by atomic mass is 35.5. The van der Waals surface area contributed by atoms with E-state index in [0.717, 1.165) is 16.3 Å².